The Morgan fingerprint density at radius 2 is 2.10 bits per heavy atom. The SMILES string of the molecule is O=C(NCCOc1ccc(Cl)cn1)c1cccnc1Cl. The monoisotopic (exact) mass is 311 g/mol. The van der Waals surface area contributed by atoms with E-state index >= 15 is 0 Å². The molecule has 0 saturated heterocycles. The first-order valence-electron chi connectivity index (χ1n) is 5.80. The third-order valence-electron chi connectivity index (χ3n) is 2.34. The maximum atomic E-state index is 11.8. The van der Waals surface area contributed by atoms with Gasteiger partial charge in [-0.2, -0.15) is 0 Å². The second kappa shape index (κ2) is 7.07. The van der Waals surface area contributed by atoms with Crippen molar-refractivity contribution in [3.05, 3.63) is 52.4 Å². The Hall–Kier alpha value is -1.85. The van der Waals surface area contributed by atoms with E-state index in [1.165, 1.54) is 12.4 Å². The van der Waals surface area contributed by atoms with Crippen LogP contribution >= 0.6 is 23.2 Å². The molecule has 0 aliphatic heterocycles. The summed E-state index contributed by atoms with van der Waals surface area (Å²) in [6.07, 6.45) is 3.01. The Kier molecular flexibility index (Phi) is 5.15. The van der Waals surface area contributed by atoms with Crippen molar-refractivity contribution in [2.24, 2.45) is 0 Å². The van der Waals surface area contributed by atoms with Crippen LogP contribution in [0, 0.1) is 0 Å². The van der Waals surface area contributed by atoms with Crippen LogP contribution in [0.2, 0.25) is 10.2 Å². The van der Waals surface area contributed by atoms with Gasteiger partial charge in [0.2, 0.25) is 5.88 Å². The highest BCUT2D eigenvalue weighted by Crippen LogP contribution is 2.12. The number of aromatic nitrogens is 2. The number of nitrogens with one attached hydrogen (secondary N) is 1. The molecule has 1 amide bonds. The first kappa shape index (κ1) is 14.6. The van der Waals surface area contributed by atoms with Gasteiger partial charge in [-0.1, -0.05) is 23.2 Å². The average molecular weight is 312 g/mol. The maximum absolute atomic E-state index is 11.8. The van der Waals surface area contributed by atoms with Crippen molar-refractivity contribution in [1.82, 2.24) is 15.3 Å². The summed E-state index contributed by atoms with van der Waals surface area (Å²) in [7, 11) is 0. The normalized spacial score (nSPS) is 10.1. The van der Waals surface area contributed by atoms with Crippen LogP contribution in [0.3, 0.4) is 0 Å². The molecule has 2 aromatic rings. The lowest BCUT2D eigenvalue weighted by molar-refractivity contribution is 0.0946. The van der Waals surface area contributed by atoms with Gasteiger partial charge in [0.1, 0.15) is 11.8 Å². The summed E-state index contributed by atoms with van der Waals surface area (Å²) in [4.78, 5) is 19.6. The smallest absolute Gasteiger partial charge is 0.254 e. The minimum Gasteiger partial charge on any atom is -0.476 e. The molecule has 7 heteroatoms. The second-order valence-electron chi connectivity index (χ2n) is 3.76. The highest BCUT2D eigenvalue weighted by molar-refractivity contribution is 6.32. The van der Waals surface area contributed by atoms with Crippen LogP contribution in [-0.2, 0) is 0 Å². The lowest BCUT2D eigenvalue weighted by Crippen LogP contribution is -2.28. The van der Waals surface area contributed by atoms with Gasteiger partial charge in [-0.25, -0.2) is 9.97 Å². The van der Waals surface area contributed by atoms with Crippen LogP contribution in [0.4, 0.5) is 0 Å². The molecule has 0 aromatic carbocycles. The zero-order valence-corrected chi connectivity index (χ0v) is 11.9. The van der Waals surface area contributed by atoms with E-state index in [1.807, 2.05) is 0 Å². The van der Waals surface area contributed by atoms with Crippen molar-refractivity contribution >= 4 is 29.1 Å². The van der Waals surface area contributed by atoms with E-state index in [0.29, 0.717) is 23.0 Å². The fourth-order valence-electron chi connectivity index (χ4n) is 1.42. The molecule has 0 atom stereocenters. The largest absolute Gasteiger partial charge is 0.476 e. The number of carbonyl (C=O) groups excluding carboxylic acids is 1. The van der Waals surface area contributed by atoms with Crippen LogP contribution in [0.15, 0.2) is 36.7 Å². The average Bonchev–Trinajstić information content (AvgIpc) is 2.46. The highest BCUT2D eigenvalue weighted by Gasteiger charge is 2.09. The van der Waals surface area contributed by atoms with Gasteiger partial charge < -0.3 is 10.1 Å². The zero-order chi connectivity index (χ0) is 14.4. The van der Waals surface area contributed by atoms with Crippen LogP contribution in [-0.4, -0.2) is 29.0 Å². The first-order valence-corrected chi connectivity index (χ1v) is 6.55. The Balaban J connectivity index is 1.77. The van der Waals surface area contributed by atoms with Crippen molar-refractivity contribution < 1.29 is 9.53 Å². The van der Waals surface area contributed by atoms with Gasteiger partial charge in [-0.3, -0.25) is 4.79 Å². The molecule has 0 spiro atoms. The number of carbonyl (C=O) groups is 1. The van der Waals surface area contributed by atoms with Gasteiger partial charge in [0.25, 0.3) is 5.91 Å². The Labute approximate surface area is 125 Å². The third-order valence-corrected chi connectivity index (χ3v) is 2.87. The number of pyridine rings is 2. The molecule has 2 rings (SSSR count). The van der Waals surface area contributed by atoms with Gasteiger partial charge in [0.15, 0.2) is 0 Å². The number of ether oxygens (including phenoxy) is 1. The predicted octanol–water partition coefficient (Wildman–Crippen LogP) is 2.59. The fraction of sp³-hybridized carbons (Fsp3) is 0.154. The van der Waals surface area contributed by atoms with Gasteiger partial charge in [-0.05, 0) is 18.2 Å². The van der Waals surface area contributed by atoms with E-state index in [1.54, 1.807) is 24.3 Å². The molecule has 0 aliphatic rings. The van der Waals surface area contributed by atoms with E-state index < -0.39 is 0 Å². The summed E-state index contributed by atoms with van der Waals surface area (Å²) in [6, 6.07) is 6.58. The molecule has 0 fully saturated rings. The van der Waals surface area contributed by atoms with E-state index in [4.69, 9.17) is 27.9 Å². The summed E-state index contributed by atoms with van der Waals surface area (Å²) in [5, 5.41) is 3.39. The zero-order valence-electron chi connectivity index (χ0n) is 10.3. The summed E-state index contributed by atoms with van der Waals surface area (Å²) in [5.74, 6) is 0.152. The Morgan fingerprint density at radius 1 is 1.25 bits per heavy atom. The predicted molar refractivity (Wildman–Crippen MR) is 76.3 cm³/mol. The molecule has 5 nitrogen and oxygen atoms in total. The second-order valence-corrected chi connectivity index (χ2v) is 4.56. The molecule has 0 unspecified atom stereocenters. The molecular weight excluding hydrogens is 301 g/mol. The Morgan fingerprint density at radius 3 is 2.80 bits per heavy atom. The molecular formula is C13H11Cl2N3O2. The van der Waals surface area contributed by atoms with E-state index in [-0.39, 0.29) is 17.7 Å². The number of hydrogen-bond acceptors (Lipinski definition) is 4. The lowest BCUT2D eigenvalue weighted by atomic mass is 10.3. The quantitative estimate of drug-likeness (QED) is 0.681. The summed E-state index contributed by atoms with van der Waals surface area (Å²) in [5.41, 5.74) is 0.332. The number of amides is 1. The van der Waals surface area contributed by atoms with Crippen molar-refractivity contribution in [2.45, 2.75) is 0 Å². The third kappa shape index (κ3) is 4.08. The van der Waals surface area contributed by atoms with Crippen molar-refractivity contribution in [1.29, 1.82) is 0 Å². The maximum Gasteiger partial charge on any atom is 0.254 e. The minimum absolute atomic E-state index is 0.172. The molecule has 104 valence electrons. The lowest BCUT2D eigenvalue weighted by Gasteiger charge is -2.07. The molecule has 1 N–H and O–H groups in total. The van der Waals surface area contributed by atoms with Crippen molar-refractivity contribution in [2.75, 3.05) is 13.2 Å². The topological polar surface area (TPSA) is 64.1 Å². The number of hydrogen-bond donors (Lipinski definition) is 1. The summed E-state index contributed by atoms with van der Waals surface area (Å²) in [6.45, 7) is 0.618. The van der Waals surface area contributed by atoms with E-state index in [0.717, 1.165) is 0 Å². The molecule has 0 aliphatic carbocycles. The van der Waals surface area contributed by atoms with E-state index in [9.17, 15) is 4.79 Å². The number of rotatable bonds is 5. The molecule has 20 heavy (non-hydrogen) atoms. The molecule has 0 saturated carbocycles. The highest BCUT2D eigenvalue weighted by atomic mass is 35.5. The molecule has 0 bridgehead atoms. The van der Waals surface area contributed by atoms with Crippen molar-refractivity contribution in [3.8, 4) is 5.88 Å². The van der Waals surface area contributed by atoms with Gasteiger partial charge >= 0.3 is 0 Å². The van der Waals surface area contributed by atoms with Gasteiger partial charge in [0, 0.05) is 18.5 Å². The van der Waals surface area contributed by atoms with Crippen LogP contribution < -0.4 is 10.1 Å². The Bertz CT molecular complexity index is 590. The fourth-order valence-corrected chi connectivity index (χ4v) is 1.74. The van der Waals surface area contributed by atoms with E-state index in [2.05, 4.69) is 15.3 Å². The number of nitrogens with zero attached hydrogens (tertiary/aromatic N) is 2. The standard InChI is InChI=1S/C13H11Cl2N3O2/c14-9-3-4-11(18-8-9)20-7-6-17-13(19)10-2-1-5-16-12(10)15/h1-5,8H,6-7H2,(H,17,19). The van der Waals surface area contributed by atoms with Crippen LogP contribution in [0.1, 0.15) is 10.4 Å². The van der Waals surface area contributed by atoms with Crippen LogP contribution in [0.25, 0.3) is 0 Å². The van der Waals surface area contributed by atoms with Gasteiger partial charge in [0.05, 0.1) is 17.1 Å². The molecule has 2 aromatic heterocycles. The summed E-state index contributed by atoms with van der Waals surface area (Å²) < 4.78 is 5.34. The van der Waals surface area contributed by atoms with Crippen LogP contribution in [0.5, 0.6) is 5.88 Å². The van der Waals surface area contributed by atoms with Gasteiger partial charge in [-0.15, -0.1) is 0 Å². The number of halogens is 2. The first-order chi connectivity index (χ1) is 9.66. The molecule has 2 heterocycles. The van der Waals surface area contributed by atoms with Crippen molar-refractivity contribution in [3.63, 3.8) is 0 Å². The summed E-state index contributed by atoms with van der Waals surface area (Å²) >= 11 is 11.5. The minimum atomic E-state index is -0.296. The molecule has 0 radical (unpaired) electrons.